The highest BCUT2D eigenvalue weighted by atomic mass is 16.5. The van der Waals surface area contributed by atoms with Crippen LogP contribution in [0.5, 0.6) is 0 Å². The first kappa shape index (κ1) is 19.5. The van der Waals surface area contributed by atoms with Gasteiger partial charge >= 0.3 is 11.7 Å². The molecule has 0 saturated heterocycles. The van der Waals surface area contributed by atoms with E-state index in [1.807, 2.05) is 31.2 Å². The molecular weight excluding hydrogens is 414 g/mol. The number of methoxy groups -OCH3 is 1. The predicted octanol–water partition coefficient (Wildman–Crippen LogP) is 2.95. The van der Waals surface area contributed by atoms with E-state index in [1.165, 1.54) is 22.3 Å². The molecule has 0 saturated carbocycles. The van der Waals surface area contributed by atoms with Crippen molar-refractivity contribution in [3.8, 4) is 22.8 Å². The third kappa shape index (κ3) is 3.37. The number of aryl methyl sites for hydroxylation is 1. The topological polar surface area (TPSA) is 118 Å². The molecule has 0 N–H and O–H groups in total. The van der Waals surface area contributed by atoms with Crippen molar-refractivity contribution in [2.45, 2.75) is 13.5 Å². The summed E-state index contributed by atoms with van der Waals surface area (Å²) in [5, 5.41) is 8.49. The van der Waals surface area contributed by atoms with Gasteiger partial charge in [-0.05, 0) is 37.3 Å². The van der Waals surface area contributed by atoms with Gasteiger partial charge in [0.1, 0.15) is 12.3 Å². The number of nitrogens with zero attached hydrogens (tertiary/aromatic N) is 5. The Bertz CT molecular complexity index is 1510. The summed E-state index contributed by atoms with van der Waals surface area (Å²) in [6, 6.07) is 14.3. The summed E-state index contributed by atoms with van der Waals surface area (Å²) in [4.78, 5) is 28.9. The van der Waals surface area contributed by atoms with Crippen LogP contribution in [0.3, 0.4) is 0 Å². The second-order valence-corrected chi connectivity index (χ2v) is 7.11. The number of furan rings is 1. The number of aromatic nitrogens is 5. The van der Waals surface area contributed by atoms with Crippen LogP contribution in [0.1, 0.15) is 21.9 Å². The molecule has 0 spiro atoms. The second-order valence-electron chi connectivity index (χ2n) is 7.11. The fourth-order valence-corrected chi connectivity index (χ4v) is 3.36. The number of benzene rings is 1. The van der Waals surface area contributed by atoms with Crippen molar-refractivity contribution in [2.24, 2.45) is 0 Å². The number of fused-ring (bicyclic) bond motifs is 1. The van der Waals surface area contributed by atoms with E-state index in [1.54, 1.807) is 24.4 Å². The largest absolute Gasteiger partial charge is 0.463 e. The molecule has 32 heavy (non-hydrogen) atoms. The van der Waals surface area contributed by atoms with Crippen LogP contribution in [-0.2, 0) is 11.3 Å². The van der Waals surface area contributed by atoms with Crippen molar-refractivity contribution in [1.82, 2.24) is 24.3 Å². The molecule has 5 rings (SSSR count). The fraction of sp³-hybridized carbons (Fsp3) is 0.136. The highest BCUT2D eigenvalue weighted by molar-refractivity contribution is 5.86. The van der Waals surface area contributed by atoms with Crippen LogP contribution in [-0.4, -0.2) is 37.4 Å². The van der Waals surface area contributed by atoms with E-state index in [2.05, 4.69) is 20.0 Å². The SMILES string of the molecule is COC(=O)c1ccc(Cn2nc3c(-c4nc(-c5cccc(C)c5)no4)cccn3c2=O)o1. The Morgan fingerprint density at radius 3 is 2.84 bits per heavy atom. The summed E-state index contributed by atoms with van der Waals surface area (Å²) in [5.74, 6) is 0.529. The molecule has 0 amide bonds. The first-order valence-corrected chi connectivity index (χ1v) is 9.70. The average molecular weight is 431 g/mol. The molecule has 4 heterocycles. The van der Waals surface area contributed by atoms with E-state index < -0.39 is 5.97 Å². The van der Waals surface area contributed by atoms with E-state index in [4.69, 9.17) is 8.94 Å². The Kier molecular flexibility index (Phi) is 4.66. The molecule has 0 atom stereocenters. The maximum Gasteiger partial charge on any atom is 0.373 e. The van der Waals surface area contributed by atoms with Gasteiger partial charge in [0, 0.05) is 11.8 Å². The number of carbonyl (C=O) groups is 1. The van der Waals surface area contributed by atoms with Gasteiger partial charge in [0.2, 0.25) is 11.6 Å². The number of hydrogen-bond donors (Lipinski definition) is 0. The number of carbonyl (C=O) groups excluding carboxylic acids is 1. The summed E-state index contributed by atoms with van der Waals surface area (Å²) < 4.78 is 18.2. The van der Waals surface area contributed by atoms with Crippen LogP contribution in [0, 0.1) is 6.92 Å². The second kappa shape index (κ2) is 7.65. The standard InChI is InChI=1S/C22H17N5O5/c1-13-5-3-6-14(11-13)18-23-20(32-25-18)16-7-4-10-26-19(16)24-27(22(26)29)12-15-8-9-17(31-15)21(28)30-2/h3-11H,12H2,1-2H3. The number of pyridine rings is 1. The molecular formula is C22H17N5O5. The lowest BCUT2D eigenvalue weighted by Crippen LogP contribution is -2.21. The van der Waals surface area contributed by atoms with Crippen molar-refractivity contribution in [3.63, 3.8) is 0 Å². The third-order valence-corrected chi connectivity index (χ3v) is 4.90. The lowest BCUT2D eigenvalue weighted by molar-refractivity contribution is 0.0562. The molecule has 0 radical (unpaired) electrons. The molecule has 4 aromatic heterocycles. The van der Waals surface area contributed by atoms with Crippen molar-refractivity contribution < 1.29 is 18.5 Å². The zero-order chi connectivity index (χ0) is 22.2. The Balaban J connectivity index is 1.52. The number of hydrogen-bond acceptors (Lipinski definition) is 8. The van der Waals surface area contributed by atoms with Gasteiger partial charge in [-0.25, -0.2) is 18.7 Å². The van der Waals surface area contributed by atoms with Gasteiger partial charge in [-0.2, -0.15) is 4.98 Å². The average Bonchev–Trinajstić information content (AvgIpc) is 3.54. The Hall–Kier alpha value is -4.47. The van der Waals surface area contributed by atoms with Gasteiger partial charge in [0.25, 0.3) is 5.89 Å². The first-order chi connectivity index (χ1) is 15.5. The molecule has 0 aliphatic rings. The molecule has 160 valence electrons. The van der Waals surface area contributed by atoms with E-state index in [0.29, 0.717) is 22.8 Å². The van der Waals surface area contributed by atoms with Gasteiger partial charge in [-0.3, -0.25) is 0 Å². The van der Waals surface area contributed by atoms with Crippen LogP contribution in [0.25, 0.3) is 28.5 Å². The van der Waals surface area contributed by atoms with E-state index >= 15 is 0 Å². The minimum Gasteiger partial charge on any atom is -0.463 e. The smallest absolute Gasteiger partial charge is 0.373 e. The predicted molar refractivity (Wildman–Crippen MR) is 112 cm³/mol. The first-order valence-electron chi connectivity index (χ1n) is 9.70. The summed E-state index contributed by atoms with van der Waals surface area (Å²) in [6.07, 6.45) is 1.60. The summed E-state index contributed by atoms with van der Waals surface area (Å²) in [5.41, 5.74) is 2.40. The molecule has 0 unspecified atom stereocenters. The number of rotatable bonds is 5. The minimum absolute atomic E-state index is 0.0370. The number of esters is 1. The number of ether oxygens (including phenoxy) is 1. The van der Waals surface area contributed by atoms with Gasteiger partial charge < -0.3 is 13.7 Å². The molecule has 0 aliphatic carbocycles. The zero-order valence-electron chi connectivity index (χ0n) is 17.2. The summed E-state index contributed by atoms with van der Waals surface area (Å²) >= 11 is 0. The monoisotopic (exact) mass is 431 g/mol. The van der Waals surface area contributed by atoms with Crippen LogP contribution in [0.4, 0.5) is 0 Å². The molecule has 1 aromatic carbocycles. The van der Waals surface area contributed by atoms with Gasteiger partial charge in [-0.15, -0.1) is 5.10 Å². The van der Waals surface area contributed by atoms with E-state index in [0.717, 1.165) is 11.1 Å². The molecule has 5 aromatic rings. The van der Waals surface area contributed by atoms with E-state index in [9.17, 15) is 9.59 Å². The maximum absolute atomic E-state index is 12.8. The van der Waals surface area contributed by atoms with E-state index in [-0.39, 0.29) is 23.9 Å². The molecule has 10 nitrogen and oxygen atoms in total. The lowest BCUT2D eigenvalue weighted by Gasteiger charge is -1.97. The third-order valence-electron chi connectivity index (χ3n) is 4.90. The molecule has 0 fully saturated rings. The lowest BCUT2D eigenvalue weighted by atomic mass is 10.1. The highest BCUT2D eigenvalue weighted by Gasteiger charge is 2.19. The van der Waals surface area contributed by atoms with Gasteiger partial charge in [0.05, 0.1) is 12.7 Å². The van der Waals surface area contributed by atoms with Crippen molar-refractivity contribution in [3.05, 3.63) is 82.3 Å². The Morgan fingerprint density at radius 2 is 2.03 bits per heavy atom. The Labute approximate surface area is 180 Å². The summed E-state index contributed by atoms with van der Waals surface area (Å²) in [7, 11) is 1.26. The molecule has 0 aliphatic heterocycles. The molecule has 10 heteroatoms. The van der Waals surface area contributed by atoms with Crippen molar-refractivity contribution in [1.29, 1.82) is 0 Å². The zero-order valence-corrected chi connectivity index (χ0v) is 17.2. The van der Waals surface area contributed by atoms with Gasteiger partial charge in [0.15, 0.2) is 5.65 Å². The van der Waals surface area contributed by atoms with Crippen molar-refractivity contribution >= 4 is 11.6 Å². The van der Waals surface area contributed by atoms with Crippen LogP contribution in [0.2, 0.25) is 0 Å². The van der Waals surface area contributed by atoms with Crippen molar-refractivity contribution in [2.75, 3.05) is 7.11 Å². The normalized spacial score (nSPS) is 11.2. The van der Waals surface area contributed by atoms with Crippen LogP contribution < -0.4 is 5.69 Å². The minimum atomic E-state index is -0.596. The molecule has 0 bridgehead atoms. The summed E-state index contributed by atoms with van der Waals surface area (Å²) in [6.45, 7) is 2.02. The van der Waals surface area contributed by atoms with Crippen LogP contribution >= 0.6 is 0 Å². The Morgan fingerprint density at radius 1 is 1.16 bits per heavy atom. The maximum atomic E-state index is 12.8. The van der Waals surface area contributed by atoms with Gasteiger partial charge in [-0.1, -0.05) is 28.9 Å². The van der Waals surface area contributed by atoms with Crippen LogP contribution in [0.15, 0.2) is 68.5 Å². The highest BCUT2D eigenvalue weighted by Crippen LogP contribution is 2.25. The quantitative estimate of drug-likeness (QED) is 0.390. The fourth-order valence-electron chi connectivity index (χ4n) is 3.36.